The number of rotatable bonds is 6. The van der Waals surface area contributed by atoms with Crippen LogP contribution in [0.5, 0.6) is 0 Å². The SMILES string of the molecule is CC(C)=CCc1ccc(CC(P(=O)([O-])[O-])P(=O)([O-])[O-])cc1.[Na+].[Na+].[Na+].[Na+]. The van der Waals surface area contributed by atoms with Gasteiger partial charge in [0.25, 0.3) is 0 Å². The average Bonchev–Trinajstić information content (AvgIpc) is 2.32. The first-order chi connectivity index (χ1) is 9.50. The summed E-state index contributed by atoms with van der Waals surface area (Å²) >= 11 is 0. The molecule has 0 aromatic heterocycles. The number of hydrogen-bond acceptors (Lipinski definition) is 6. The van der Waals surface area contributed by atoms with E-state index in [0.29, 0.717) is 12.0 Å². The van der Waals surface area contributed by atoms with Gasteiger partial charge in [0, 0.05) is 5.40 Å². The fraction of sp³-hybridized carbons (Fsp3) is 0.385. The van der Waals surface area contributed by atoms with Crippen LogP contribution in [0.15, 0.2) is 35.9 Å². The van der Waals surface area contributed by atoms with Crippen LogP contribution in [0.4, 0.5) is 0 Å². The summed E-state index contributed by atoms with van der Waals surface area (Å²) in [6.45, 7) is 3.91. The molecule has 0 amide bonds. The summed E-state index contributed by atoms with van der Waals surface area (Å²) in [6, 6.07) is 6.44. The number of benzene rings is 1. The van der Waals surface area contributed by atoms with E-state index in [-0.39, 0.29) is 118 Å². The maximum atomic E-state index is 10.9. The minimum atomic E-state index is -5.50. The van der Waals surface area contributed by atoms with Gasteiger partial charge in [-0.1, -0.05) is 51.1 Å². The zero-order valence-electron chi connectivity index (χ0n) is 15.7. The van der Waals surface area contributed by atoms with Crippen LogP contribution >= 0.6 is 15.2 Å². The second kappa shape index (κ2) is 16.0. The normalized spacial score (nSPS) is 10.5. The minimum absolute atomic E-state index is 0. The molecule has 0 unspecified atom stereocenters. The first-order valence-corrected chi connectivity index (χ1v) is 9.47. The number of allylic oxidation sites excluding steroid dienone is 2. The first-order valence-electron chi connectivity index (χ1n) is 6.25. The first kappa shape index (κ1) is 35.7. The third-order valence-corrected chi connectivity index (χ3v) is 6.44. The molecule has 0 bridgehead atoms. The largest absolute Gasteiger partial charge is 1.00 e. The van der Waals surface area contributed by atoms with Crippen molar-refractivity contribution in [2.75, 3.05) is 0 Å². The molecule has 1 aromatic carbocycles. The van der Waals surface area contributed by atoms with Crippen LogP contribution in [0.2, 0.25) is 0 Å². The summed E-state index contributed by atoms with van der Waals surface area (Å²) in [5.41, 5.74) is 2.42. The molecule has 0 heterocycles. The summed E-state index contributed by atoms with van der Waals surface area (Å²) in [5, 5.41) is -2.44. The van der Waals surface area contributed by atoms with E-state index in [2.05, 4.69) is 0 Å². The maximum absolute atomic E-state index is 10.9. The van der Waals surface area contributed by atoms with E-state index in [1.807, 2.05) is 19.9 Å². The van der Waals surface area contributed by atoms with Crippen molar-refractivity contribution in [2.45, 2.75) is 32.1 Å². The van der Waals surface area contributed by atoms with Crippen molar-refractivity contribution in [1.82, 2.24) is 0 Å². The minimum Gasteiger partial charge on any atom is -0.810 e. The van der Waals surface area contributed by atoms with Crippen LogP contribution in [-0.4, -0.2) is 5.40 Å². The topological polar surface area (TPSA) is 126 Å². The van der Waals surface area contributed by atoms with E-state index in [0.717, 1.165) is 11.1 Å². The van der Waals surface area contributed by atoms with Gasteiger partial charge in [0.15, 0.2) is 0 Å². The summed E-state index contributed by atoms with van der Waals surface area (Å²) < 4.78 is 21.8. The molecule has 0 spiro atoms. The fourth-order valence-corrected chi connectivity index (χ4v) is 4.00. The van der Waals surface area contributed by atoms with Crippen LogP contribution in [0.25, 0.3) is 0 Å². The quantitative estimate of drug-likeness (QED) is 0.255. The molecular weight excluding hydrogens is 406 g/mol. The molecule has 0 saturated carbocycles. The van der Waals surface area contributed by atoms with Crippen molar-refractivity contribution >= 4 is 15.2 Å². The van der Waals surface area contributed by atoms with E-state index >= 15 is 0 Å². The number of hydrogen-bond donors (Lipinski definition) is 0. The molecular formula is C13H16Na4O6P2. The monoisotopic (exact) mass is 422 g/mol. The summed E-state index contributed by atoms with van der Waals surface area (Å²) in [4.78, 5) is 43.7. The Morgan fingerprint density at radius 1 is 0.880 bits per heavy atom. The Labute approximate surface area is 237 Å². The van der Waals surface area contributed by atoms with Crippen molar-refractivity contribution in [3.05, 3.63) is 47.0 Å². The van der Waals surface area contributed by atoms with E-state index in [4.69, 9.17) is 0 Å². The van der Waals surface area contributed by atoms with Crippen LogP contribution in [0.3, 0.4) is 0 Å². The Kier molecular flexibility index (Phi) is 22.9. The van der Waals surface area contributed by atoms with Crippen molar-refractivity contribution in [3.8, 4) is 0 Å². The summed E-state index contributed by atoms with van der Waals surface area (Å²) in [5.74, 6) is 0. The Balaban J connectivity index is -0.000000551. The van der Waals surface area contributed by atoms with E-state index in [9.17, 15) is 28.7 Å². The average molecular weight is 422 g/mol. The van der Waals surface area contributed by atoms with Crippen molar-refractivity contribution in [2.24, 2.45) is 0 Å². The second-order valence-corrected chi connectivity index (χ2v) is 8.88. The summed E-state index contributed by atoms with van der Waals surface area (Å²) in [6.07, 6.45) is 2.08. The fourth-order valence-electron chi connectivity index (χ4n) is 1.74. The third-order valence-electron chi connectivity index (χ3n) is 2.92. The predicted molar refractivity (Wildman–Crippen MR) is 72.3 cm³/mol. The van der Waals surface area contributed by atoms with Crippen molar-refractivity contribution in [3.63, 3.8) is 0 Å². The van der Waals surface area contributed by atoms with Crippen LogP contribution in [-0.2, 0) is 22.0 Å². The molecule has 0 radical (unpaired) electrons. The molecule has 25 heavy (non-hydrogen) atoms. The third kappa shape index (κ3) is 14.8. The van der Waals surface area contributed by atoms with Gasteiger partial charge in [-0.05, 0) is 37.8 Å². The zero-order valence-corrected chi connectivity index (χ0v) is 25.5. The Bertz CT molecular complexity index is 585. The molecule has 0 N–H and O–H groups in total. The van der Waals surface area contributed by atoms with Gasteiger partial charge in [0.2, 0.25) is 0 Å². The molecule has 0 saturated heterocycles. The second-order valence-electron chi connectivity index (χ2n) is 5.07. The molecule has 0 fully saturated rings. The Hall–Kier alpha value is 3.26. The molecule has 1 aromatic rings. The molecule has 0 aliphatic heterocycles. The predicted octanol–water partition coefficient (Wildman–Crippen LogP) is -12.1. The maximum Gasteiger partial charge on any atom is 1.00 e. The van der Waals surface area contributed by atoms with Crippen LogP contribution in [0.1, 0.15) is 25.0 Å². The van der Waals surface area contributed by atoms with Gasteiger partial charge < -0.3 is 28.7 Å². The van der Waals surface area contributed by atoms with E-state index in [1.165, 1.54) is 12.1 Å². The molecule has 0 atom stereocenters. The Morgan fingerprint density at radius 2 is 1.24 bits per heavy atom. The van der Waals surface area contributed by atoms with Gasteiger partial charge >= 0.3 is 118 Å². The van der Waals surface area contributed by atoms with Gasteiger partial charge in [-0.3, -0.25) is 0 Å². The molecule has 12 heteroatoms. The smallest absolute Gasteiger partial charge is 0.810 e. The molecule has 0 aliphatic rings. The standard InChI is InChI=1S/C13H20O6P2.4Na/c1-10(2)3-4-11-5-7-12(8-6-11)9-13(20(14,15)16)21(17,18)19;;;;/h3,5-8,13H,4,9H2,1-2H3,(H2,14,15,16)(H2,17,18,19);;;;/q;4*+1/p-4. The molecule has 0 aliphatic carbocycles. The Morgan fingerprint density at radius 3 is 1.56 bits per heavy atom. The van der Waals surface area contributed by atoms with Gasteiger partial charge in [-0.2, -0.15) is 0 Å². The van der Waals surface area contributed by atoms with Gasteiger partial charge in [-0.15, -0.1) is 0 Å². The van der Waals surface area contributed by atoms with E-state index < -0.39 is 27.0 Å². The molecule has 118 valence electrons. The van der Waals surface area contributed by atoms with Gasteiger partial charge in [0.1, 0.15) is 0 Å². The van der Waals surface area contributed by atoms with Crippen molar-refractivity contribution in [1.29, 1.82) is 0 Å². The zero-order chi connectivity index (χ0) is 16.3. The van der Waals surface area contributed by atoms with E-state index in [1.54, 1.807) is 12.1 Å². The molecule has 6 nitrogen and oxygen atoms in total. The molecule has 1 rings (SSSR count). The van der Waals surface area contributed by atoms with Crippen LogP contribution < -0.4 is 138 Å². The van der Waals surface area contributed by atoms with Gasteiger partial charge in [0.05, 0.1) is 0 Å². The van der Waals surface area contributed by atoms with Crippen LogP contribution in [0, 0.1) is 0 Å². The summed E-state index contributed by atoms with van der Waals surface area (Å²) in [7, 11) is -11.0. The van der Waals surface area contributed by atoms with Gasteiger partial charge in [-0.25, -0.2) is 0 Å². The van der Waals surface area contributed by atoms with Crippen molar-refractivity contribution < 1.29 is 147 Å².